The number of halogens is 1. The van der Waals surface area contributed by atoms with Gasteiger partial charge in [-0.3, -0.25) is 9.69 Å². The second-order valence-corrected chi connectivity index (χ2v) is 12.1. The maximum atomic E-state index is 13.8. The monoisotopic (exact) mass is 534 g/mol. The summed E-state index contributed by atoms with van der Waals surface area (Å²) < 4.78 is 25.5. The number of aromatic hydroxyl groups is 1. The molecule has 2 aromatic rings. The molecule has 8 heteroatoms. The number of carbonyl (C=O) groups is 1. The third-order valence-corrected chi connectivity index (χ3v) is 10.2. The molecule has 2 N–H and O–H groups in total. The summed E-state index contributed by atoms with van der Waals surface area (Å²) >= 11 is 0. The number of carbonyl (C=O) groups excluding carboxylic acids is 1. The quantitative estimate of drug-likeness (QED) is 0.551. The van der Waals surface area contributed by atoms with Crippen molar-refractivity contribution in [2.75, 3.05) is 27.2 Å². The van der Waals surface area contributed by atoms with Crippen molar-refractivity contribution in [2.24, 2.45) is 5.92 Å². The Morgan fingerprint density at radius 1 is 1.26 bits per heavy atom. The molecule has 0 aromatic heterocycles. The van der Waals surface area contributed by atoms with Crippen LogP contribution in [0.1, 0.15) is 48.8 Å². The van der Waals surface area contributed by atoms with Gasteiger partial charge in [-0.1, -0.05) is 12.1 Å². The predicted octanol–water partition coefficient (Wildman–Crippen LogP) is 3.64. The Labute approximate surface area is 227 Å². The average Bonchev–Trinajstić information content (AvgIpc) is 3.67. The Morgan fingerprint density at radius 2 is 2.08 bits per heavy atom. The summed E-state index contributed by atoms with van der Waals surface area (Å²) in [6.45, 7) is 1.89. The van der Waals surface area contributed by atoms with Crippen molar-refractivity contribution in [2.45, 2.75) is 67.7 Å². The summed E-state index contributed by atoms with van der Waals surface area (Å²) in [7, 11) is 3.18. The van der Waals surface area contributed by atoms with Gasteiger partial charge in [0.2, 0.25) is 5.91 Å². The molecule has 3 fully saturated rings. The second-order valence-electron chi connectivity index (χ2n) is 12.1. The van der Waals surface area contributed by atoms with E-state index in [0.717, 1.165) is 43.0 Å². The number of hydrogen-bond acceptors (Lipinski definition) is 6. The number of likely N-dealkylation sites (tertiary alicyclic amines) is 1. The fourth-order valence-electron chi connectivity index (χ4n) is 8.08. The molecular weight excluding hydrogens is 499 g/mol. The molecule has 0 radical (unpaired) electrons. The third-order valence-electron chi connectivity index (χ3n) is 10.2. The Bertz CT molecular complexity index is 1370. The van der Waals surface area contributed by atoms with Crippen molar-refractivity contribution in [3.63, 3.8) is 0 Å². The molecule has 7 nitrogen and oxygen atoms in total. The van der Waals surface area contributed by atoms with Crippen LogP contribution in [-0.2, 0) is 16.6 Å². The zero-order chi connectivity index (χ0) is 27.1. The SMILES string of the molecule is COc1cc(C=CC(=O)N(C)[C@H]2CC[C@@]3(O)[C@H]4Cc5ccc(O)c6c5[C@@]3(CCN4CC3CC3)[C@H]2O6)ccc1F. The van der Waals surface area contributed by atoms with Gasteiger partial charge in [0.25, 0.3) is 0 Å². The number of piperidine rings is 1. The van der Waals surface area contributed by atoms with Crippen molar-refractivity contribution < 1.29 is 28.9 Å². The van der Waals surface area contributed by atoms with E-state index in [1.165, 1.54) is 32.1 Å². The molecule has 39 heavy (non-hydrogen) atoms. The minimum absolute atomic E-state index is 0.00347. The van der Waals surface area contributed by atoms with Gasteiger partial charge in [-0.2, -0.15) is 0 Å². The van der Waals surface area contributed by atoms with Gasteiger partial charge < -0.3 is 24.6 Å². The first-order chi connectivity index (χ1) is 18.8. The Hall–Kier alpha value is -3.10. The maximum absolute atomic E-state index is 13.8. The van der Waals surface area contributed by atoms with Gasteiger partial charge in [0, 0.05) is 31.3 Å². The van der Waals surface area contributed by atoms with E-state index in [1.54, 1.807) is 36.2 Å². The normalized spacial score (nSPS) is 32.6. The molecular formula is C31H35FN2O5. The summed E-state index contributed by atoms with van der Waals surface area (Å²) in [5.74, 6) is 0.761. The lowest BCUT2D eigenvalue weighted by atomic mass is 9.48. The summed E-state index contributed by atoms with van der Waals surface area (Å²) in [5.41, 5.74) is 1.09. The van der Waals surface area contributed by atoms with Gasteiger partial charge in [-0.25, -0.2) is 4.39 Å². The second kappa shape index (κ2) is 8.70. The van der Waals surface area contributed by atoms with Gasteiger partial charge in [0.15, 0.2) is 23.1 Å². The topological polar surface area (TPSA) is 82.5 Å². The van der Waals surface area contributed by atoms with Gasteiger partial charge in [0.05, 0.1) is 24.2 Å². The Kier molecular flexibility index (Phi) is 5.56. The lowest BCUT2D eigenvalue weighted by Gasteiger charge is -2.64. The van der Waals surface area contributed by atoms with Crippen molar-refractivity contribution in [3.05, 3.63) is 58.9 Å². The first kappa shape index (κ1) is 24.9. The Morgan fingerprint density at radius 3 is 2.85 bits per heavy atom. The predicted molar refractivity (Wildman–Crippen MR) is 143 cm³/mol. The number of likely N-dealkylation sites (N-methyl/N-ethyl adjacent to an activating group) is 1. The van der Waals surface area contributed by atoms with Crippen molar-refractivity contribution >= 4 is 12.0 Å². The molecule has 7 rings (SSSR count). The molecule has 0 unspecified atom stereocenters. The average molecular weight is 535 g/mol. The van der Waals surface area contributed by atoms with Gasteiger partial charge >= 0.3 is 0 Å². The summed E-state index contributed by atoms with van der Waals surface area (Å²) in [6.07, 6.45) is 7.84. The van der Waals surface area contributed by atoms with Crippen molar-refractivity contribution in [1.82, 2.24) is 9.80 Å². The highest BCUT2D eigenvalue weighted by Crippen LogP contribution is 2.66. The lowest BCUT2D eigenvalue weighted by Crippen LogP contribution is -2.78. The fourth-order valence-corrected chi connectivity index (χ4v) is 8.08. The van der Waals surface area contributed by atoms with E-state index < -0.39 is 22.9 Å². The maximum Gasteiger partial charge on any atom is 0.246 e. The molecule has 206 valence electrons. The van der Waals surface area contributed by atoms with Crippen LogP contribution < -0.4 is 9.47 Å². The van der Waals surface area contributed by atoms with Crippen LogP contribution in [0.5, 0.6) is 17.2 Å². The number of ether oxygens (including phenoxy) is 2. The van der Waals surface area contributed by atoms with Crippen LogP contribution in [0.15, 0.2) is 36.4 Å². The van der Waals surface area contributed by atoms with Gasteiger partial charge in [-0.05, 0) is 86.4 Å². The number of phenolic OH excluding ortho intramolecular Hbond substituents is 1. The smallest absolute Gasteiger partial charge is 0.246 e. The molecule has 1 spiro atoms. The van der Waals surface area contributed by atoms with Crippen LogP contribution in [0.4, 0.5) is 4.39 Å². The molecule has 2 aromatic carbocycles. The summed E-state index contributed by atoms with van der Waals surface area (Å²) in [6, 6.07) is 7.88. The number of nitrogens with zero attached hydrogens (tertiary/aromatic N) is 2. The zero-order valence-electron chi connectivity index (χ0n) is 22.4. The largest absolute Gasteiger partial charge is 0.504 e. The molecule has 1 saturated heterocycles. The minimum Gasteiger partial charge on any atom is -0.504 e. The van der Waals surface area contributed by atoms with Crippen molar-refractivity contribution in [1.29, 1.82) is 0 Å². The van der Waals surface area contributed by atoms with Gasteiger partial charge in [0.1, 0.15) is 6.10 Å². The van der Waals surface area contributed by atoms with Crippen LogP contribution in [0, 0.1) is 11.7 Å². The fraction of sp³-hybridized carbons (Fsp3) is 0.516. The number of phenols is 1. The molecule has 2 heterocycles. The number of aliphatic hydroxyl groups is 1. The molecule has 1 amide bonds. The molecule has 2 aliphatic heterocycles. The van der Waals surface area contributed by atoms with E-state index in [4.69, 9.17) is 9.47 Å². The van der Waals surface area contributed by atoms with Crippen molar-refractivity contribution in [3.8, 4) is 17.2 Å². The highest BCUT2D eigenvalue weighted by Gasteiger charge is 2.73. The lowest BCUT2D eigenvalue weighted by molar-refractivity contribution is -0.200. The van der Waals surface area contributed by atoms with Crippen LogP contribution in [-0.4, -0.2) is 77.0 Å². The van der Waals surface area contributed by atoms with E-state index in [1.807, 2.05) is 6.07 Å². The molecule has 5 atom stereocenters. The molecule has 2 saturated carbocycles. The first-order valence-electron chi connectivity index (χ1n) is 14.0. The summed E-state index contributed by atoms with van der Waals surface area (Å²) in [5, 5.41) is 23.4. The van der Waals surface area contributed by atoms with Crippen LogP contribution in [0.2, 0.25) is 0 Å². The van der Waals surface area contributed by atoms with E-state index in [-0.39, 0.29) is 29.5 Å². The van der Waals surface area contributed by atoms with Crippen LogP contribution >= 0.6 is 0 Å². The standard InChI is InChI=1S/C31H35FN2O5/c1-33(26(36)10-6-18-5-8-21(32)24(15-18)38-2)22-11-12-31(37)25-16-20-7-9-23(35)28-27(20)30(31,29(22)39-28)13-14-34(25)17-19-3-4-19/h5-10,15,19,22,25,29,35,37H,3-4,11-14,16-17H2,1-2H3/t22-,25+,29-,30-,31+/m0/s1. The highest BCUT2D eigenvalue weighted by atomic mass is 19.1. The van der Waals surface area contributed by atoms with E-state index in [9.17, 15) is 19.4 Å². The molecule has 2 bridgehead atoms. The molecule has 3 aliphatic carbocycles. The van der Waals surface area contributed by atoms with E-state index >= 15 is 0 Å². The van der Waals surface area contributed by atoms with Crippen LogP contribution in [0.3, 0.4) is 0 Å². The highest BCUT2D eigenvalue weighted by molar-refractivity contribution is 5.92. The molecule has 5 aliphatic rings. The van der Waals surface area contributed by atoms with E-state index in [0.29, 0.717) is 24.2 Å². The number of amides is 1. The van der Waals surface area contributed by atoms with Crippen LogP contribution in [0.25, 0.3) is 6.08 Å². The van der Waals surface area contributed by atoms with Gasteiger partial charge in [-0.15, -0.1) is 0 Å². The first-order valence-corrected chi connectivity index (χ1v) is 14.0. The third kappa shape index (κ3) is 3.50. The summed E-state index contributed by atoms with van der Waals surface area (Å²) in [4.78, 5) is 17.6. The van der Waals surface area contributed by atoms with E-state index in [2.05, 4.69) is 4.90 Å². The minimum atomic E-state index is -0.988. The zero-order valence-corrected chi connectivity index (χ0v) is 22.4. The number of rotatable bonds is 6. The number of methoxy groups -OCH3 is 1. The Balaban J connectivity index is 1.22. The number of benzene rings is 2. The number of hydrogen-bond donors (Lipinski definition) is 2.